The summed E-state index contributed by atoms with van der Waals surface area (Å²) in [4.78, 5) is 0. The molecule has 2 fully saturated rings. The Labute approximate surface area is 111 Å². The second-order valence-corrected chi connectivity index (χ2v) is 7.24. The molecule has 2 N–H and O–H groups in total. The minimum atomic E-state index is -0.188. The summed E-state index contributed by atoms with van der Waals surface area (Å²) in [5.41, 5.74) is -0.196. The van der Waals surface area contributed by atoms with Crippen molar-refractivity contribution in [3.05, 3.63) is 0 Å². The third-order valence-electron chi connectivity index (χ3n) is 4.59. The van der Waals surface area contributed by atoms with Gasteiger partial charge in [0, 0.05) is 12.6 Å². The first-order valence-corrected chi connectivity index (χ1v) is 7.42. The van der Waals surface area contributed by atoms with Crippen LogP contribution >= 0.6 is 0 Å². The van der Waals surface area contributed by atoms with Gasteiger partial charge < -0.3 is 15.2 Å². The van der Waals surface area contributed by atoms with Crippen LogP contribution in [0.5, 0.6) is 0 Å². The Morgan fingerprint density at radius 1 is 1.22 bits per heavy atom. The summed E-state index contributed by atoms with van der Waals surface area (Å²) in [5, 5.41) is 13.7. The number of hydrogen-bond acceptors (Lipinski definition) is 3. The van der Waals surface area contributed by atoms with Gasteiger partial charge >= 0.3 is 0 Å². The van der Waals surface area contributed by atoms with E-state index < -0.39 is 0 Å². The maximum Gasteiger partial charge on any atom is 0.0787 e. The van der Waals surface area contributed by atoms with Crippen molar-refractivity contribution in [3.63, 3.8) is 0 Å². The van der Waals surface area contributed by atoms with Crippen molar-refractivity contribution in [1.82, 2.24) is 5.32 Å². The van der Waals surface area contributed by atoms with Gasteiger partial charge in [-0.2, -0.15) is 0 Å². The van der Waals surface area contributed by atoms with Gasteiger partial charge in [-0.3, -0.25) is 0 Å². The van der Waals surface area contributed by atoms with Crippen LogP contribution < -0.4 is 5.32 Å². The van der Waals surface area contributed by atoms with Crippen molar-refractivity contribution >= 4 is 0 Å². The van der Waals surface area contributed by atoms with E-state index in [0.29, 0.717) is 18.5 Å². The predicted octanol–water partition coefficient (Wildman–Crippen LogP) is 2.47. The lowest BCUT2D eigenvalue weighted by Crippen LogP contribution is -2.47. The maximum atomic E-state index is 10.2. The number of nitrogens with one attached hydrogen (secondary N) is 1. The lowest BCUT2D eigenvalue weighted by molar-refractivity contribution is -0.0704. The Morgan fingerprint density at radius 2 is 1.83 bits per heavy atom. The minimum absolute atomic E-state index is 0.0561. The number of ether oxygens (including phenoxy) is 1. The van der Waals surface area contributed by atoms with Gasteiger partial charge in [0.15, 0.2) is 0 Å². The average Bonchev–Trinajstić information content (AvgIpc) is 2.80. The van der Waals surface area contributed by atoms with Crippen LogP contribution in [-0.2, 0) is 4.74 Å². The largest absolute Gasteiger partial charge is 0.392 e. The first-order valence-electron chi connectivity index (χ1n) is 7.42. The van der Waals surface area contributed by atoms with Crippen LogP contribution in [0, 0.1) is 5.92 Å². The molecular formula is C15H29NO2. The molecule has 2 unspecified atom stereocenters. The second-order valence-electron chi connectivity index (χ2n) is 7.24. The smallest absolute Gasteiger partial charge is 0.0787 e. The zero-order valence-electron chi connectivity index (χ0n) is 12.3. The molecule has 0 aromatic rings. The van der Waals surface area contributed by atoms with Gasteiger partial charge in [0.05, 0.1) is 17.3 Å². The van der Waals surface area contributed by atoms with E-state index in [4.69, 9.17) is 4.74 Å². The molecule has 0 radical (unpaired) electrons. The quantitative estimate of drug-likeness (QED) is 0.811. The van der Waals surface area contributed by atoms with Crippen LogP contribution in [-0.4, -0.2) is 35.0 Å². The molecule has 0 aromatic heterocycles. The number of aliphatic hydroxyl groups excluding tert-OH is 1. The van der Waals surface area contributed by atoms with E-state index >= 15 is 0 Å². The lowest BCUT2D eigenvalue weighted by atomic mass is 9.93. The van der Waals surface area contributed by atoms with Crippen LogP contribution in [0.3, 0.4) is 0 Å². The predicted molar refractivity (Wildman–Crippen MR) is 73.6 cm³/mol. The Morgan fingerprint density at radius 3 is 2.33 bits per heavy atom. The fourth-order valence-corrected chi connectivity index (χ4v) is 3.65. The fraction of sp³-hybridized carbons (Fsp3) is 1.00. The summed E-state index contributed by atoms with van der Waals surface area (Å²) < 4.78 is 6.06. The van der Waals surface area contributed by atoms with E-state index in [2.05, 4.69) is 33.0 Å². The molecule has 1 heterocycles. The molecular weight excluding hydrogens is 226 g/mol. The number of hydrogen-bond donors (Lipinski definition) is 2. The van der Waals surface area contributed by atoms with Gasteiger partial charge in [0.2, 0.25) is 0 Å². The first kappa shape index (κ1) is 14.3. The van der Waals surface area contributed by atoms with Crippen molar-refractivity contribution < 1.29 is 9.84 Å². The zero-order chi connectivity index (χ0) is 13.4. The van der Waals surface area contributed by atoms with Crippen LogP contribution in [0.15, 0.2) is 0 Å². The number of aliphatic hydroxyl groups is 1. The first-order chi connectivity index (χ1) is 8.30. The van der Waals surface area contributed by atoms with Crippen molar-refractivity contribution in [3.8, 4) is 0 Å². The van der Waals surface area contributed by atoms with Gasteiger partial charge in [-0.15, -0.1) is 0 Å². The van der Waals surface area contributed by atoms with Crippen molar-refractivity contribution in [1.29, 1.82) is 0 Å². The summed E-state index contributed by atoms with van der Waals surface area (Å²) >= 11 is 0. The van der Waals surface area contributed by atoms with Crippen molar-refractivity contribution in [2.45, 2.75) is 83.1 Å². The van der Waals surface area contributed by atoms with Crippen LogP contribution in [0.25, 0.3) is 0 Å². The molecule has 0 amide bonds. The molecule has 1 aliphatic carbocycles. The summed E-state index contributed by atoms with van der Waals surface area (Å²) in [5.74, 6) is 0.510. The summed E-state index contributed by atoms with van der Waals surface area (Å²) in [6.45, 7) is 9.27. The molecule has 0 bridgehead atoms. The molecule has 1 saturated heterocycles. The highest BCUT2D eigenvalue weighted by Gasteiger charge is 2.45. The summed E-state index contributed by atoms with van der Waals surface area (Å²) in [6, 6.07) is 0.337. The topological polar surface area (TPSA) is 41.5 Å². The fourth-order valence-electron chi connectivity index (χ4n) is 3.65. The third-order valence-corrected chi connectivity index (χ3v) is 4.59. The maximum absolute atomic E-state index is 10.2. The molecule has 1 saturated carbocycles. The summed E-state index contributed by atoms with van der Waals surface area (Å²) in [6.07, 6.45) is 5.78. The normalized spacial score (nSPS) is 32.8. The molecule has 2 atom stereocenters. The Bertz CT molecular complexity index is 282. The Hall–Kier alpha value is -0.120. The molecule has 3 heteroatoms. The second kappa shape index (κ2) is 5.10. The third kappa shape index (κ3) is 3.25. The highest BCUT2D eigenvalue weighted by Crippen LogP contribution is 2.37. The van der Waals surface area contributed by atoms with Gasteiger partial charge in [0.1, 0.15) is 0 Å². The Balaban J connectivity index is 1.82. The molecule has 0 spiro atoms. The van der Waals surface area contributed by atoms with Crippen LogP contribution in [0.4, 0.5) is 0 Å². The van der Waals surface area contributed by atoms with Gasteiger partial charge in [-0.25, -0.2) is 0 Å². The van der Waals surface area contributed by atoms with Crippen molar-refractivity contribution in [2.75, 3.05) is 6.54 Å². The van der Waals surface area contributed by atoms with Crippen LogP contribution in [0.1, 0.15) is 59.8 Å². The zero-order valence-corrected chi connectivity index (χ0v) is 12.3. The molecule has 18 heavy (non-hydrogen) atoms. The molecule has 2 aliphatic rings. The minimum Gasteiger partial charge on any atom is -0.392 e. The SMILES string of the molecule is CC1(C)CC(NCC(O)C2CCCC2)C(C)(C)O1. The van der Waals surface area contributed by atoms with Gasteiger partial charge in [-0.1, -0.05) is 12.8 Å². The van der Waals surface area contributed by atoms with Crippen LogP contribution in [0.2, 0.25) is 0 Å². The molecule has 106 valence electrons. The molecule has 3 nitrogen and oxygen atoms in total. The Kier molecular flexibility index (Phi) is 4.05. The van der Waals surface area contributed by atoms with E-state index in [0.717, 1.165) is 6.42 Å². The highest BCUT2D eigenvalue weighted by molar-refractivity contribution is 4.99. The van der Waals surface area contributed by atoms with Gasteiger partial charge in [0.25, 0.3) is 0 Å². The van der Waals surface area contributed by atoms with E-state index in [1.54, 1.807) is 0 Å². The lowest BCUT2D eigenvalue weighted by Gasteiger charge is -2.29. The molecule has 2 rings (SSSR count). The molecule has 0 aromatic carbocycles. The van der Waals surface area contributed by atoms with E-state index in [1.807, 2.05) is 0 Å². The highest BCUT2D eigenvalue weighted by atomic mass is 16.5. The van der Waals surface area contributed by atoms with Gasteiger partial charge in [-0.05, 0) is 52.9 Å². The number of rotatable bonds is 4. The van der Waals surface area contributed by atoms with E-state index in [-0.39, 0.29) is 17.3 Å². The standard InChI is InChI=1S/C15H29NO2/c1-14(2)9-13(15(3,4)18-14)16-10-12(17)11-7-5-6-8-11/h11-13,16-17H,5-10H2,1-4H3. The summed E-state index contributed by atoms with van der Waals surface area (Å²) in [7, 11) is 0. The van der Waals surface area contributed by atoms with Crippen molar-refractivity contribution in [2.24, 2.45) is 5.92 Å². The monoisotopic (exact) mass is 255 g/mol. The van der Waals surface area contributed by atoms with E-state index in [9.17, 15) is 5.11 Å². The average molecular weight is 255 g/mol. The van der Waals surface area contributed by atoms with E-state index in [1.165, 1.54) is 25.7 Å². The molecule has 1 aliphatic heterocycles.